The average Bonchev–Trinajstić information content (AvgIpc) is 2.77. The Morgan fingerprint density at radius 3 is 2.22 bits per heavy atom. The number of nitrogens with two attached hydrogens (primary N) is 1. The third kappa shape index (κ3) is 10.6. The Kier molecular flexibility index (Phi) is 12.8. The Morgan fingerprint density at radius 1 is 1.08 bits per heavy atom. The number of carbonyl (C=O) groups is 5. The molecular weight excluding hydrogens is 500 g/mol. The first-order chi connectivity index (χ1) is 16.8. The molecular formula is C22H32N2O11S. The minimum absolute atomic E-state index is 0.134. The number of methoxy groups -OCH3 is 1. The van der Waals surface area contributed by atoms with Gasteiger partial charge in [0.1, 0.15) is 12.7 Å². The normalized spacial score (nSPS) is 20.5. The van der Waals surface area contributed by atoms with Crippen LogP contribution >= 0.6 is 12.2 Å². The Bertz CT molecular complexity index is 876. The highest BCUT2D eigenvalue weighted by Gasteiger charge is 2.48. The van der Waals surface area contributed by atoms with Crippen molar-refractivity contribution in [2.24, 2.45) is 5.73 Å². The molecule has 0 fully saturated rings. The number of esters is 4. The fraction of sp³-hybridized carbons (Fsp3) is 0.636. The first-order valence-corrected chi connectivity index (χ1v) is 11.4. The third-order valence-electron chi connectivity index (χ3n) is 4.68. The van der Waals surface area contributed by atoms with Gasteiger partial charge in [0, 0.05) is 34.3 Å². The van der Waals surface area contributed by atoms with Crippen molar-refractivity contribution in [2.75, 3.05) is 20.3 Å². The van der Waals surface area contributed by atoms with E-state index in [4.69, 9.17) is 46.4 Å². The third-order valence-corrected chi connectivity index (χ3v) is 4.89. The van der Waals surface area contributed by atoms with Crippen LogP contribution in [0.1, 0.15) is 40.5 Å². The summed E-state index contributed by atoms with van der Waals surface area (Å²) in [6, 6.07) is -1.04. The van der Waals surface area contributed by atoms with Gasteiger partial charge in [0.05, 0.1) is 18.1 Å². The van der Waals surface area contributed by atoms with E-state index in [9.17, 15) is 24.0 Å². The molecule has 0 aliphatic carbocycles. The first-order valence-electron chi connectivity index (χ1n) is 11.0. The fourth-order valence-electron chi connectivity index (χ4n) is 3.36. The van der Waals surface area contributed by atoms with Crippen LogP contribution in [-0.4, -0.2) is 85.6 Å². The summed E-state index contributed by atoms with van der Waals surface area (Å²) in [5.41, 5.74) is 5.52. The molecule has 1 heterocycles. The molecule has 1 amide bonds. The Balaban J connectivity index is 3.50. The number of hydrogen-bond acceptors (Lipinski definition) is 12. The van der Waals surface area contributed by atoms with Gasteiger partial charge in [-0.25, -0.2) is 4.79 Å². The predicted octanol–water partition coefficient (Wildman–Crippen LogP) is -0.175. The van der Waals surface area contributed by atoms with Crippen LogP contribution in [0.25, 0.3) is 0 Å². The number of carbonyl (C=O) groups excluding carboxylic acids is 5. The van der Waals surface area contributed by atoms with Crippen LogP contribution in [0.5, 0.6) is 0 Å². The minimum atomic E-state index is -1.45. The number of hydrogen-bond donors (Lipinski definition) is 2. The highest BCUT2D eigenvalue weighted by molar-refractivity contribution is 7.80. The molecule has 13 nitrogen and oxygen atoms in total. The van der Waals surface area contributed by atoms with Gasteiger partial charge in [0.2, 0.25) is 11.7 Å². The van der Waals surface area contributed by atoms with Gasteiger partial charge in [0.25, 0.3) is 0 Å². The number of amides is 1. The smallest absolute Gasteiger partial charge is 0.373 e. The molecule has 0 aromatic rings. The summed E-state index contributed by atoms with van der Waals surface area (Å²) in [6.07, 6.45) is -2.96. The second-order valence-electron chi connectivity index (χ2n) is 7.76. The number of nitrogens with one attached hydrogen (secondary N) is 1. The topological polar surface area (TPSA) is 179 Å². The van der Waals surface area contributed by atoms with Crippen molar-refractivity contribution in [3.05, 3.63) is 11.8 Å². The quantitative estimate of drug-likeness (QED) is 0.138. The van der Waals surface area contributed by atoms with Crippen molar-refractivity contribution in [1.82, 2.24) is 5.32 Å². The van der Waals surface area contributed by atoms with Gasteiger partial charge in [-0.15, -0.1) is 0 Å². The number of thiocarbonyl (C=S) groups is 1. The Morgan fingerprint density at radius 2 is 1.72 bits per heavy atom. The first kappa shape index (κ1) is 30.8. The molecule has 0 saturated carbocycles. The average molecular weight is 533 g/mol. The molecule has 202 valence electrons. The molecule has 0 spiro atoms. The number of ether oxygens (including phenoxy) is 6. The molecule has 3 N–H and O–H groups in total. The van der Waals surface area contributed by atoms with Gasteiger partial charge in [0.15, 0.2) is 18.3 Å². The molecule has 0 aromatic carbocycles. The van der Waals surface area contributed by atoms with Crippen molar-refractivity contribution < 1.29 is 52.4 Å². The largest absolute Gasteiger partial charge is 0.477 e. The maximum atomic E-state index is 12.4. The van der Waals surface area contributed by atoms with Gasteiger partial charge in [-0.05, 0) is 18.9 Å². The monoisotopic (exact) mass is 532 g/mol. The summed E-state index contributed by atoms with van der Waals surface area (Å²) >= 11 is 4.86. The zero-order valence-corrected chi connectivity index (χ0v) is 21.6. The molecule has 1 aliphatic rings. The maximum absolute atomic E-state index is 12.4. The summed E-state index contributed by atoms with van der Waals surface area (Å²) in [4.78, 5) is 59.9. The molecule has 1 aliphatic heterocycles. The van der Waals surface area contributed by atoms with E-state index < -0.39 is 66.8 Å². The van der Waals surface area contributed by atoms with Crippen LogP contribution < -0.4 is 11.1 Å². The maximum Gasteiger partial charge on any atom is 0.373 e. The van der Waals surface area contributed by atoms with Gasteiger partial charge in [-0.2, -0.15) is 0 Å². The summed E-state index contributed by atoms with van der Waals surface area (Å²) in [5.74, 6) is -3.92. The molecule has 0 saturated heterocycles. The van der Waals surface area contributed by atoms with Gasteiger partial charge < -0.3 is 39.5 Å². The van der Waals surface area contributed by atoms with Gasteiger partial charge in [-0.1, -0.05) is 12.2 Å². The van der Waals surface area contributed by atoms with Crippen LogP contribution in [0, 0.1) is 0 Å². The molecule has 0 bridgehead atoms. The SMILES string of the molecule is COC(=O)C1=C[C@H](OCCCC(N)=S)[C@@H](NC(C)=O)[C@H]([C@H](OC(C)=O)[C@@H](COC(C)=O)OC(C)=O)O1. The van der Waals surface area contributed by atoms with Crippen molar-refractivity contribution in [2.45, 2.75) is 71.0 Å². The molecule has 14 heteroatoms. The molecule has 5 atom stereocenters. The molecule has 0 radical (unpaired) electrons. The molecule has 1 rings (SSSR count). The highest BCUT2D eigenvalue weighted by atomic mass is 32.1. The molecule has 36 heavy (non-hydrogen) atoms. The van der Waals surface area contributed by atoms with Gasteiger partial charge in [-0.3, -0.25) is 19.2 Å². The van der Waals surface area contributed by atoms with Crippen LogP contribution in [0.2, 0.25) is 0 Å². The predicted molar refractivity (Wildman–Crippen MR) is 126 cm³/mol. The van der Waals surface area contributed by atoms with E-state index in [0.29, 0.717) is 12.8 Å². The van der Waals surface area contributed by atoms with Crippen molar-refractivity contribution in [1.29, 1.82) is 0 Å². The van der Waals surface area contributed by atoms with Crippen molar-refractivity contribution in [3.8, 4) is 0 Å². The van der Waals surface area contributed by atoms with E-state index in [1.54, 1.807) is 0 Å². The molecule has 0 unspecified atom stereocenters. The van der Waals surface area contributed by atoms with E-state index in [2.05, 4.69) is 5.32 Å². The zero-order valence-electron chi connectivity index (χ0n) is 20.8. The van der Waals surface area contributed by atoms with Gasteiger partial charge >= 0.3 is 23.9 Å². The lowest BCUT2D eigenvalue weighted by molar-refractivity contribution is -0.191. The highest BCUT2D eigenvalue weighted by Crippen LogP contribution is 2.28. The van der Waals surface area contributed by atoms with E-state index in [1.807, 2.05) is 0 Å². The van der Waals surface area contributed by atoms with Crippen LogP contribution in [0.3, 0.4) is 0 Å². The van der Waals surface area contributed by atoms with Crippen molar-refractivity contribution >= 4 is 47.0 Å². The standard InChI is InChI=1S/C22H32N2O11S/c1-11(25)24-19-15(31-8-6-7-18(23)36)9-16(22(29)30-5)35-21(19)20(34-14(4)28)17(33-13(3)27)10-32-12(2)26/h9,15,17,19-21H,6-8,10H2,1-5H3,(H2,23,36)(H,24,25)/t15-,17+,19+,20+,21+/m0/s1. The van der Waals surface area contributed by atoms with E-state index in [1.165, 1.54) is 13.0 Å². The van der Waals surface area contributed by atoms with Crippen LogP contribution in [0.15, 0.2) is 11.8 Å². The summed E-state index contributed by atoms with van der Waals surface area (Å²) in [6.45, 7) is 4.21. The van der Waals surface area contributed by atoms with E-state index in [-0.39, 0.29) is 17.4 Å². The Hall–Kier alpha value is -3.26. The van der Waals surface area contributed by atoms with E-state index >= 15 is 0 Å². The lowest BCUT2D eigenvalue weighted by Gasteiger charge is -2.41. The Labute approximate surface area is 213 Å². The summed E-state index contributed by atoms with van der Waals surface area (Å²) < 4.78 is 32.1. The fourth-order valence-corrected chi connectivity index (χ4v) is 3.50. The number of rotatable bonds is 13. The lowest BCUT2D eigenvalue weighted by atomic mass is 9.93. The summed E-state index contributed by atoms with van der Waals surface area (Å²) in [7, 11) is 1.13. The summed E-state index contributed by atoms with van der Waals surface area (Å²) in [5, 5.41) is 2.66. The minimum Gasteiger partial charge on any atom is -0.477 e. The second-order valence-corrected chi connectivity index (χ2v) is 8.29. The zero-order chi connectivity index (χ0) is 27.4. The van der Waals surface area contributed by atoms with Crippen LogP contribution in [0.4, 0.5) is 0 Å². The second kappa shape index (κ2) is 15.0. The van der Waals surface area contributed by atoms with Crippen LogP contribution in [-0.2, 0) is 52.4 Å². The lowest BCUT2D eigenvalue weighted by Crippen LogP contribution is -2.61. The van der Waals surface area contributed by atoms with E-state index in [0.717, 1.165) is 27.9 Å². The van der Waals surface area contributed by atoms with Crippen molar-refractivity contribution in [3.63, 3.8) is 0 Å². The molecule has 0 aromatic heterocycles.